The Balaban J connectivity index is 1.55. The van der Waals surface area contributed by atoms with Gasteiger partial charge < -0.3 is 9.42 Å². The van der Waals surface area contributed by atoms with Crippen molar-refractivity contribution >= 4 is 23.2 Å². The highest BCUT2D eigenvalue weighted by Crippen LogP contribution is 2.34. The van der Waals surface area contributed by atoms with E-state index in [0.717, 1.165) is 5.56 Å². The summed E-state index contributed by atoms with van der Waals surface area (Å²) in [7, 11) is 0. The monoisotopic (exact) mass is 399 g/mol. The number of amides is 1. The van der Waals surface area contributed by atoms with E-state index in [9.17, 15) is 9.18 Å². The van der Waals surface area contributed by atoms with Crippen molar-refractivity contribution in [1.29, 1.82) is 0 Å². The third-order valence-corrected chi connectivity index (χ3v) is 5.19. The molecule has 0 saturated carbocycles. The Morgan fingerprint density at radius 1 is 1.21 bits per heavy atom. The molecule has 4 rings (SSSR count). The Bertz CT molecular complexity index is 1020. The summed E-state index contributed by atoms with van der Waals surface area (Å²) in [6, 6.07) is 12.1. The van der Waals surface area contributed by atoms with Gasteiger partial charge in [-0.2, -0.15) is 4.98 Å². The van der Waals surface area contributed by atoms with E-state index < -0.39 is 5.82 Å². The van der Waals surface area contributed by atoms with E-state index in [2.05, 4.69) is 24.0 Å². The largest absolute Gasteiger partial charge is 0.339 e. The van der Waals surface area contributed by atoms with Gasteiger partial charge in [0, 0.05) is 23.6 Å². The summed E-state index contributed by atoms with van der Waals surface area (Å²) >= 11 is 5.95. The van der Waals surface area contributed by atoms with Crippen molar-refractivity contribution < 1.29 is 13.7 Å². The lowest BCUT2D eigenvalue weighted by Crippen LogP contribution is -2.25. The Hall–Kier alpha value is -2.73. The van der Waals surface area contributed by atoms with Crippen LogP contribution >= 0.6 is 11.6 Å². The molecule has 3 aromatic rings. The lowest BCUT2D eigenvalue weighted by molar-refractivity contribution is -0.117. The van der Waals surface area contributed by atoms with Crippen molar-refractivity contribution in [2.24, 2.45) is 0 Å². The van der Waals surface area contributed by atoms with Crippen molar-refractivity contribution in [1.82, 2.24) is 10.1 Å². The number of benzene rings is 2. The van der Waals surface area contributed by atoms with Crippen LogP contribution in [0, 0.1) is 5.82 Å². The zero-order chi connectivity index (χ0) is 19.8. The number of hydrogen-bond acceptors (Lipinski definition) is 4. The van der Waals surface area contributed by atoms with Crippen LogP contribution in [-0.4, -0.2) is 22.6 Å². The fourth-order valence-corrected chi connectivity index (χ4v) is 3.50. The van der Waals surface area contributed by atoms with Gasteiger partial charge in [-0.3, -0.25) is 4.79 Å². The fraction of sp³-hybridized carbons (Fsp3) is 0.286. The molecule has 2 heterocycles. The molecule has 5 nitrogen and oxygen atoms in total. The van der Waals surface area contributed by atoms with E-state index in [-0.39, 0.29) is 30.5 Å². The van der Waals surface area contributed by atoms with Crippen molar-refractivity contribution in [2.75, 3.05) is 11.4 Å². The van der Waals surface area contributed by atoms with Gasteiger partial charge in [0.1, 0.15) is 5.82 Å². The van der Waals surface area contributed by atoms with Gasteiger partial charge in [0.05, 0.1) is 11.6 Å². The predicted octanol–water partition coefficient (Wildman–Crippen LogP) is 5.17. The highest BCUT2D eigenvalue weighted by atomic mass is 35.5. The second-order valence-corrected chi connectivity index (χ2v) is 7.67. The standard InChI is InChI=1S/C21H19ClFN3O2/c1-12(2)13-3-5-14(6-4-13)20-24-21(28-25-20)15-9-19(27)26(11-15)18-10-16(22)7-8-17(18)23/h3-8,10,12,15H,9,11H2,1-2H3. The zero-order valence-electron chi connectivity index (χ0n) is 15.5. The van der Waals surface area contributed by atoms with Gasteiger partial charge in [0.25, 0.3) is 0 Å². The van der Waals surface area contributed by atoms with E-state index in [1.54, 1.807) is 0 Å². The Labute approximate surface area is 167 Å². The molecule has 0 spiro atoms. The molecule has 1 fully saturated rings. The van der Waals surface area contributed by atoms with Gasteiger partial charge >= 0.3 is 0 Å². The first kappa shape index (κ1) is 18.6. The molecule has 28 heavy (non-hydrogen) atoms. The highest BCUT2D eigenvalue weighted by Gasteiger charge is 2.36. The molecule has 0 aliphatic carbocycles. The molecule has 1 aliphatic rings. The van der Waals surface area contributed by atoms with Crippen LogP contribution in [-0.2, 0) is 4.79 Å². The number of anilines is 1. The molecule has 7 heteroatoms. The molecule has 2 aromatic carbocycles. The van der Waals surface area contributed by atoms with Crippen LogP contribution in [0.4, 0.5) is 10.1 Å². The molecule has 144 valence electrons. The summed E-state index contributed by atoms with van der Waals surface area (Å²) in [5.41, 5.74) is 2.25. The van der Waals surface area contributed by atoms with Crippen LogP contribution in [0.15, 0.2) is 47.0 Å². The number of carbonyl (C=O) groups excluding carboxylic acids is 1. The predicted molar refractivity (Wildman–Crippen MR) is 105 cm³/mol. The second kappa shape index (κ2) is 7.36. The van der Waals surface area contributed by atoms with E-state index in [1.165, 1.54) is 28.7 Å². The van der Waals surface area contributed by atoms with Gasteiger partial charge in [-0.1, -0.05) is 54.9 Å². The van der Waals surface area contributed by atoms with Crippen molar-refractivity contribution in [2.45, 2.75) is 32.1 Å². The van der Waals surface area contributed by atoms with Crippen LogP contribution in [0.3, 0.4) is 0 Å². The molecule has 1 saturated heterocycles. The average molecular weight is 400 g/mol. The number of halogens is 2. The maximum atomic E-state index is 14.1. The van der Waals surface area contributed by atoms with Crippen LogP contribution in [0.2, 0.25) is 5.02 Å². The lowest BCUT2D eigenvalue weighted by atomic mass is 10.0. The number of hydrogen-bond donors (Lipinski definition) is 0. The summed E-state index contributed by atoms with van der Waals surface area (Å²) < 4.78 is 19.5. The molecule has 0 bridgehead atoms. The SMILES string of the molecule is CC(C)c1ccc(-c2noc(C3CC(=O)N(c4cc(Cl)ccc4F)C3)n2)cc1. The Morgan fingerprint density at radius 2 is 1.96 bits per heavy atom. The third kappa shape index (κ3) is 3.52. The molecule has 1 aromatic heterocycles. The van der Waals surface area contributed by atoms with Crippen LogP contribution < -0.4 is 4.90 Å². The summed E-state index contributed by atoms with van der Waals surface area (Å²) in [5.74, 6) is 0.313. The van der Waals surface area contributed by atoms with Gasteiger partial charge in [-0.25, -0.2) is 4.39 Å². The molecule has 0 N–H and O–H groups in total. The number of nitrogens with zero attached hydrogens (tertiary/aromatic N) is 3. The normalized spacial score (nSPS) is 17.0. The maximum absolute atomic E-state index is 14.1. The smallest absolute Gasteiger partial charge is 0.232 e. The molecule has 0 radical (unpaired) electrons. The van der Waals surface area contributed by atoms with Crippen LogP contribution in [0.25, 0.3) is 11.4 Å². The number of aromatic nitrogens is 2. The van der Waals surface area contributed by atoms with Gasteiger partial charge in [0.15, 0.2) is 0 Å². The molecule has 1 unspecified atom stereocenters. The maximum Gasteiger partial charge on any atom is 0.232 e. The van der Waals surface area contributed by atoms with E-state index >= 15 is 0 Å². The average Bonchev–Trinajstić information content (AvgIpc) is 3.31. The minimum absolute atomic E-state index is 0.170. The minimum Gasteiger partial charge on any atom is -0.339 e. The highest BCUT2D eigenvalue weighted by molar-refractivity contribution is 6.31. The molecular formula is C21H19ClFN3O2. The first-order valence-electron chi connectivity index (χ1n) is 9.11. The second-order valence-electron chi connectivity index (χ2n) is 7.23. The minimum atomic E-state index is -0.491. The van der Waals surface area contributed by atoms with E-state index in [4.69, 9.17) is 16.1 Å². The lowest BCUT2D eigenvalue weighted by Gasteiger charge is -2.17. The summed E-state index contributed by atoms with van der Waals surface area (Å²) in [6.07, 6.45) is 0.180. The zero-order valence-corrected chi connectivity index (χ0v) is 16.3. The quantitative estimate of drug-likeness (QED) is 0.607. The molecular weight excluding hydrogens is 381 g/mol. The van der Waals surface area contributed by atoms with Crippen LogP contribution in [0.5, 0.6) is 0 Å². The Morgan fingerprint density at radius 3 is 2.68 bits per heavy atom. The fourth-order valence-electron chi connectivity index (χ4n) is 3.33. The molecule has 1 amide bonds. The number of rotatable bonds is 4. The van der Waals surface area contributed by atoms with Crippen molar-refractivity contribution in [3.05, 3.63) is 64.8 Å². The summed E-state index contributed by atoms with van der Waals surface area (Å²) in [4.78, 5) is 18.3. The van der Waals surface area contributed by atoms with Gasteiger partial charge in [-0.15, -0.1) is 0 Å². The summed E-state index contributed by atoms with van der Waals surface area (Å²) in [6.45, 7) is 4.53. The van der Waals surface area contributed by atoms with E-state index in [1.807, 2.05) is 24.3 Å². The van der Waals surface area contributed by atoms with E-state index in [0.29, 0.717) is 22.7 Å². The molecule has 1 atom stereocenters. The first-order chi connectivity index (χ1) is 13.4. The van der Waals surface area contributed by atoms with Crippen LogP contribution in [0.1, 0.15) is 43.6 Å². The number of carbonyl (C=O) groups is 1. The third-order valence-electron chi connectivity index (χ3n) is 4.95. The van der Waals surface area contributed by atoms with Gasteiger partial charge in [0.2, 0.25) is 17.6 Å². The summed E-state index contributed by atoms with van der Waals surface area (Å²) in [5, 5.41) is 4.42. The topological polar surface area (TPSA) is 59.2 Å². The van der Waals surface area contributed by atoms with Crippen molar-refractivity contribution in [3.8, 4) is 11.4 Å². The Kier molecular flexibility index (Phi) is 4.89. The molecule has 1 aliphatic heterocycles. The van der Waals surface area contributed by atoms with Crippen molar-refractivity contribution in [3.63, 3.8) is 0 Å². The first-order valence-corrected chi connectivity index (χ1v) is 9.49. The van der Waals surface area contributed by atoms with Gasteiger partial charge in [-0.05, 0) is 29.7 Å².